The van der Waals surface area contributed by atoms with Gasteiger partial charge in [0.05, 0.1) is 11.7 Å². The number of carbonyl (C=O) groups is 1. The Labute approximate surface area is 164 Å². The summed E-state index contributed by atoms with van der Waals surface area (Å²) in [6.07, 6.45) is 2.27. The van der Waals surface area contributed by atoms with Crippen LogP contribution < -0.4 is 0 Å². The highest BCUT2D eigenvalue weighted by atomic mass is 19.1. The van der Waals surface area contributed by atoms with Crippen molar-refractivity contribution in [1.29, 1.82) is 0 Å². The van der Waals surface area contributed by atoms with Gasteiger partial charge in [-0.2, -0.15) is 0 Å². The minimum Gasteiger partial charge on any atom is -0.442 e. The second-order valence-electron chi connectivity index (χ2n) is 7.72. The Kier molecular flexibility index (Phi) is 5.35. The molecule has 4 rings (SSSR count). The molecule has 0 spiro atoms. The number of amides is 1. The molecular formula is C21H27FN4O2. The number of ether oxygens (including phenoxy) is 1. The average Bonchev–Trinajstić information content (AvgIpc) is 3.31. The van der Waals surface area contributed by atoms with Gasteiger partial charge in [0.1, 0.15) is 17.7 Å². The molecule has 2 atom stereocenters. The zero-order valence-electron chi connectivity index (χ0n) is 16.4. The number of H-pyrrole nitrogens is 1. The lowest BCUT2D eigenvalue weighted by Crippen LogP contribution is -2.38. The number of hydrogen-bond donors (Lipinski definition) is 1. The van der Waals surface area contributed by atoms with E-state index in [9.17, 15) is 9.18 Å². The number of aromatic nitrogens is 2. The number of imidazole rings is 1. The Bertz CT molecular complexity index is 835. The SMILES string of the molecule is CCc1nc(CN2C[C@@H]3OC(=O)N(CCCc4ccc(F)cc4)[C@@H]3C2)c(C)[nH]1. The second kappa shape index (κ2) is 7.91. The summed E-state index contributed by atoms with van der Waals surface area (Å²) in [5, 5.41) is 0. The van der Waals surface area contributed by atoms with Gasteiger partial charge in [-0.25, -0.2) is 14.2 Å². The molecule has 1 N–H and O–H groups in total. The largest absolute Gasteiger partial charge is 0.442 e. The molecule has 1 aromatic carbocycles. The van der Waals surface area contributed by atoms with Crippen LogP contribution in [-0.2, 0) is 24.1 Å². The number of likely N-dealkylation sites (tertiary alicyclic amines) is 1. The molecule has 0 radical (unpaired) electrons. The van der Waals surface area contributed by atoms with Gasteiger partial charge in [-0.15, -0.1) is 0 Å². The van der Waals surface area contributed by atoms with Crippen LogP contribution in [0.2, 0.25) is 0 Å². The molecule has 28 heavy (non-hydrogen) atoms. The molecule has 0 aliphatic carbocycles. The summed E-state index contributed by atoms with van der Waals surface area (Å²) in [6, 6.07) is 6.66. The summed E-state index contributed by atoms with van der Waals surface area (Å²) in [5.74, 6) is 0.791. The maximum atomic E-state index is 13.0. The standard InChI is InChI=1S/C21H27FN4O2/c1-3-20-23-14(2)17(24-20)11-25-12-18-19(13-25)28-21(27)26(18)10-4-5-15-6-8-16(22)9-7-15/h6-9,18-19H,3-5,10-13H2,1-2H3,(H,23,24)/t18-,19+/m1/s1. The van der Waals surface area contributed by atoms with Crippen molar-refractivity contribution >= 4 is 6.09 Å². The van der Waals surface area contributed by atoms with Crippen LogP contribution in [0.25, 0.3) is 0 Å². The van der Waals surface area contributed by atoms with Crippen LogP contribution in [0.1, 0.15) is 36.1 Å². The first-order chi connectivity index (χ1) is 13.5. The van der Waals surface area contributed by atoms with Crippen LogP contribution in [0.3, 0.4) is 0 Å². The van der Waals surface area contributed by atoms with Crippen LogP contribution in [0.4, 0.5) is 9.18 Å². The highest BCUT2D eigenvalue weighted by molar-refractivity contribution is 5.71. The molecule has 2 aliphatic heterocycles. The normalized spacial score (nSPS) is 22.0. The number of aromatic amines is 1. The molecule has 150 valence electrons. The Morgan fingerprint density at radius 1 is 1.29 bits per heavy atom. The van der Waals surface area contributed by atoms with E-state index in [2.05, 4.69) is 28.7 Å². The quantitative estimate of drug-likeness (QED) is 0.795. The van der Waals surface area contributed by atoms with Crippen LogP contribution >= 0.6 is 0 Å². The van der Waals surface area contributed by atoms with E-state index in [-0.39, 0.29) is 24.1 Å². The van der Waals surface area contributed by atoms with E-state index >= 15 is 0 Å². The molecule has 2 saturated heterocycles. The molecule has 1 amide bonds. The fourth-order valence-corrected chi connectivity index (χ4v) is 4.17. The number of rotatable bonds is 7. The molecule has 2 fully saturated rings. The Morgan fingerprint density at radius 2 is 2.07 bits per heavy atom. The van der Waals surface area contributed by atoms with E-state index in [1.165, 1.54) is 12.1 Å². The Balaban J connectivity index is 1.32. The smallest absolute Gasteiger partial charge is 0.410 e. The van der Waals surface area contributed by atoms with Gasteiger partial charge < -0.3 is 14.6 Å². The van der Waals surface area contributed by atoms with Gasteiger partial charge >= 0.3 is 6.09 Å². The van der Waals surface area contributed by atoms with Gasteiger partial charge in [-0.1, -0.05) is 19.1 Å². The molecule has 2 aromatic rings. The lowest BCUT2D eigenvalue weighted by molar-refractivity contribution is 0.120. The molecule has 3 heterocycles. The van der Waals surface area contributed by atoms with Crippen molar-refractivity contribution in [2.45, 2.75) is 51.8 Å². The first-order valence-electron chi connectivity index (χ1n) is 10.0. The summed E-state index contributed by atoms with van der Waals surface area (Å²) < 4.78 is 18.6. The predicted molar refractivity (Wildman–Crippen MR) is 103 cm³/mol. The summed E-state index contributed by atoms with van der Waals surface area (Å²) >= 11 is 0. The van der Waals surface area contributed by atoms with Crippen molar-refractivity contribution < 1.29 is 13.9 Å². The summed E-state index contributed by atoms with van der Waals surface area (Å²) in [7, 11) is 0. The van der Waals surface area contributed by atoms with E-state index < -0.39 is 0 Å². The molecular weight excluding hydrogens is 359 g/mol. The van der Waals surface area contributed by atoms with Gasteiger partial charge in [0.15, 0.2) is 0 Å². The number of nitrogens with zero attached hydrogens (tertiary/aromatic N) is 3. The highest BCUT2D eigenvalue weighted by Crippen LogP contribution is 2.28. The first kappa shape index (κ1) is 18.9. The number of hydrogen-bond acceptors (Lipinski definition) is 4. The summed E-state index contributed by atoms with van der Waals surface area (Å²) in [4.78, 5) is 24.4. The van der Waals surface area contributed by atoms with E-state index in [0.29, 0.717) is 6.54 Å². The topological polar surface area (TPSA) is 61.5 Å². The number of aryl methyl sites for hydroxylation is 3. The van der Waals surface area contributed by atoms with Gasteiger partial charge in [0.25, 0.3) is 0 Å². The third-order valence-electron chi connectivity index (χ3n) is 5.72. The number of halogens is 1. The zero-order valence-corrected chi connectivity index (χ0v) is 16.4. The molecule has 0 bridgehead atoms. The van der Waals surface area contributed by atoms with Gasteiger partial charge in [0.2, 0.25) is 0 Å². The van der Waals surface area contributed by atoms with E-state index in [1.807, 2.05) is 4.90 Å². The summed E-state index contributed by atoms with van der Waals surface area (Å²) in [5.41, 5.74) is 3.27. The lowest BCUT2D eigenvalue weighted by Gasteiger charge is -2.22. The van der Waals surface area contributed by atoms with E-state index in [1.54, 1.807) is 12.1 Å². The van der Waals surface area contributed by atoms with Crippen molar-refractivity contribution in [2.24, 2.45) is 0 Å². The minimum absolute atomic E-state index is 0.0665. The lowest BCUT2D eigenvalue weighted by atomic mass is 10.1. The van der Waals surface area contributed by atoms with Gasteiger partial charge in [-0.3, -0.25) is 4.90 Å². The molecule has 0 saturated carbocycles. The fourth-order valence-electron chi connectivity index (χ4n) is 4.17. The third-order valence-corrected chi connectivity index (χ3v) is 5.72. The number of fused-ring (bicyclic) bond motifs is 1. The third kappa shape index (κ3) is 3.90. The molecule has 1 aromatic heterocycles. The number of carbonyl (C=O) groups excluding carboxylic acids is 1. The Morgan fingerprint density at radius 3 is 2.79 bits per heavy atom. The van der Waals surface area contributed by atoms with E-state index in [4.69, 9.17) is 4.74 Å². The van der Waals surface area contributed by atoms with Gasteiger partial charge in [0, 0.05) is 38.3 Å². The van der Waals surface area contributed by atoms with Crippen molar-refractivity contribution in [3.63, 3.8) is 0 Å². The minimum atomic E-state index is -0.223. The maximum absolute atomic E-state index is 13.0. The van der Waals surface area contributed by atoms with Gasteiger partial charge in [-0.05, 0) is 37.5 Å². The highest BCUT2D eigenvalue weighted by Gasteiger charge is 2.47. The van der Waals surface area contributed by atoms with Crippen molar-refractivity contribution in [3.05, 3.63) is 52.9 Å². The van der Waals surface area contributed by atoms with Crippen LogP contribution in [0.5, 0.6) is 0 Å². The molecule has 6 nitrogen and oxygen atoms in total. The fraction of sp³-hybridized carbons (Fsp3) is 0.524. The molecule has 2 aliphatic rings. The number of benzene rings is 1. The molecule has 0 unspecified atom stereocenters. The van der Waals surface area contributed by atoms with Crippen molar-refractivity contribution in [3.8, 4) is 0 Å². The monoisotopic (exact) mass is 386 g/mol. The van der Waals surface area contributed by atoms with Crippen molar-refractivity contribution in [1.82, 2.24) is 19.8 Å². The van der Waals surface area contributed by atoms with Crippen LogP contribution in [0, 0.1) is 12.7 Å². The zero-order chi connectivity index (χ0) is 19.7. The average molecular weight is 386 g/mol. The van der Waals surface area contributed by atoms with Crippen LogP contribution in [0.15, 0.2) is 24.3 Å². The van der Waals surface area contributed by atoms with E-state index in [0.717, 1.165) is 61.7 Å². The Hall–Kier alpha value is -2.41. The second-order valence-corrected chi connectivity index (χ2v) is 7.72. The molecule has 7 heteroatoms. The number of nitrogens with one attached hydrogen (secondary N) is 1. The summed E-state index contributed by atoms with van der Waals surface area (Å²) in [6.45, 7) is 7.13. The predicted octanol–water partition coefficient (Wildman–Crippen LogP) is 3.06. The first-order valence-corrected chi connectivity index (χ1v) is 10.0. The van der Waals surface area contributed by atoms with Crippen molar-refractivity contribution in [2.75, 3.05) is 19.6 Å². The van der Waals surface area contributed by atoms with Crippen LogP contribution in [-0.4, -0.2) is 57.6 Å². The maximum Gasteiger partial charge on any atom is 0.410 e.